The molecule has 0 bridgehead atoms. The molecule has 2 heterocycles. The van der Waals surface area contributed by atoms with E-state index in [1.807, 2.05) is 13.0 Å². The molecule has 0 aliphatic carbocycles. The van der Waals surface area contributed by atoms with Crippen LogP contribution in [-0.2, 0) is 9.59 Å². The van der Waals surface area contributed by atoms with Crippen molar-refractivity contribution in [2.24, 2.45) is 5.92 Å². The number of fused-ring (bicyclic) bond motifs is 1. The summed E-state index contributed by atoms with van der Waals surface area (Å²) in [7, 11) is 0. The van der Waals surface area contributed by atoms with E-state index in [-0.39, 0.29) is 22.9 Å². The second-order valence-corrected chi connectivity index (χ2v) is 7.51. The van der Waals surface area contributed by atoms with Gasteiger partial charge in [0.25, 0.3) is 5.91 Å². The van der Waals surface area contributed by atoms with Crippen LogP contribution in [0, 0.1) is 5.92 Å². The van der Waals surface area contributed by atoms with Gasteiger partial charge in [0, 0.05) is 0 Å². The summed E-state index contributed by atoms with van der Waals surface area (Å²) >= 11 is 6.39. The number of amides is 1. The van der Waals surface area contributed by atoms with E-state index in [1.54, 1.807) is 25.1 Å². The molecule has 8 heteroatoms. The van der Waals surface area contributed by atoms with Crippen molar-refractivity contribution in [2.45, 2.75) is 26.3 Å². The van der Waals surface area contributed by atoms with E-state index in [1.165, 1.54) is 4.90 Å². The number of carbonyl (C=O) groups is 2. The van der Waals surface area contributed by atoms with Crippen LogP contribution in [0.1, 0.15) is 25.8 Å². The Kier molecular flexibility index (Phi) is 5.01. The molecule has 1 N–H and O–H groups in total. The largest absolute Gasteiger partial charge is 0.480 e. The highest BCUT2D eigenvalue weighted by molar-refractivity contribution is 8.26. The Morgan fingerprint density at radius 3 is 2.84 bits per heavy atom. The fourth-order valence-corrected chi connectivity index (χ4v) is 4.03. The Morgan fingerprint density at radius 2 is 2.16 bits per heavy atom. The Balaban J connectivity index is 1.89. The zero-order valence-corrected chi connectivity index (χ0v) is 15.4. The fourth-order valence-electron chi connectivity index (χ4n) is 2.71. The average molecular weight is 379 g/mol. The highest BCUT2D eigenvalue weighted by Gasteiger charge is 2.42. The van der Waals surface area contributed by atoms with Gasteiger partial charge in [-0.3, -0.25) is 9.69 Å². The van der Waals surface area contributed by atoms with E-state index in [0.717, 1.165) is 17.3 Å². The third kappa shape index (κ3) is 3.36. The number of aliphatic carboxylic acids is 1. The molecular formula is C17H17NO5S2. The van der Waals surface area contributed by atoms with Crippen molar-refractivity contribution >= 4 is 46.3 Å². The van der Waals surface area contributed by atoms with E-state index < -0.39 is 12.0 Å². The van der Waals surface area contributed by atoms with Crippen LogP contribution in [-0.4, -0.2) is 39.0 Å². The number of thioether (sulfide) groups is 1. The number of hydrogen-bond acceptors (Lipinski definition) is 6. The van der Waals surface area contributed by atoms with Gasteiger partial charge in [-0.05, 0) is 29.7 Å². The first-order valence-corrected chi connectivity index (χ1v) is 9.04. The molecule has 132 valence electrons. The minimum absolute atomic E-state index is 0.177. The lowest BCUT2D eigenvalue weighted by Crippen LogP contribution is -2.47. The molecular weight excluding hydrogens is 362 g/mol. The molecule has 1 fully saturated rings. The molecule has 2 aliphatic heterocycles. The van der Waals surface area contributed by atoms with E-state index in [0.29, 0.717) is 22.8 Å². The molecule has 1 aromatic carbocycles. The van der Waals surface area contributed by atoms with Gasteiger partial charge in [0.05, 0.1) is 4.91 Å². The first kappa shape index (κ1) is 17.8. The number of carbonyl (C=O) groups excluding carboxylic acids is 1. The van der Waals surface area contributed by atoms with Crippen molar-refractivity contribution in [2.75, 3.05) is 6.79 Å². The maximum absolute atomic E-state index is 12.8. The first-order valence-electron chi connectivity index (χ1n) is 7.82. The average Bonchev–Trinajstić information content (AvgIpc) is 3.14. The van der Waals surface area contributed by atoms with Crippen molar-refractivity contribution in [1.29, 1.82) is 0 Å². The normalized spacial score (nSPS) is 20.2. The quantitative estimate of drug-likeness (QED) is 0.622. The van der Waals surface area contributed by atoms with Crippen LogP contribution in [0.2, 0.25) is 0 Å². The van der Waals surface area contributed by atoms with Crippen LogP contribution >= 0.6 is 24.0 Å². The molecule has 0 saturated carbocycles. The van der Waals surface area contributed by atoms with Crippen LogP contribution in [0.25, 0.3) is 6.08 Å². The standard InChI is InChI=1S/C17H17NO5S2/c1-3-9(2)14(16(20)21)18-15(19)13(25-17(18)24)7-10-4-5-11-12(6-10)23-8-22-11/h4-7,9,14H,3,8H2,1-2H3,(H,20,21)/b13-7-/t9-,14-/m0/s1. The maximum atomic E-state index is 12.8. The van der Waals surface area contributed by atoms with Crippen LogP contribution in [0.4, 0.5) is 0 Å². The van der Waals surface area contributed by atoms with Gasteiger partial charge in [-0.25, -0.2) is 4.79 Å². The van der Waals surface area contributed by atoms with Crippen LogP contribution in [0.15, 0.2) is 23.1 Å². The van der Waals surface area contributed by atoms with Crippen molar-refractivity contribution in [3.05, 3.63) is 28.7 Å². The van der Waals surface area contributed by atoms with E-state index in [9.17, 15) is 14.7 Å². The molecule has 0 radical (unpaired) electrons. The molecule has 6 nitrogen and oxygen atoms in total. The third-order valence-corrected chi connectivity index (χ3v) is 5.56. The molecule has 25 heavy (non-hydrogen) atoms. The van der Waals surface area contributed by atoms with E-state index >= 15 is 0 Å². The van der Waals surface area contributed by atoms with Gasteiger partial charge in [-0.1, -0.05) is 50.3 Å². The van der Waals surface area contributed by atoms with Gasteiger partial charge in [-0.15, -0.1) is 0 Å². The molecule has 0 aromatic heterocycles. The zero-order chi connectivity index (χ0) is 18.1. The minimum Gasteiger partial charge on any atom is -0.480 e. The fraction of sp³-hybridized carbons (Fsp3) is 0.353. The highest BCUT2D eigenvalue weighted by Crippen LogP contribution is 2.38. The number of hydrogen-bond donors (Lipinski definition) is 1. The lowest BCUT2D eigenvalue weighted by Gasteiger charge is -2.27. The van der Waals surface area contributed by atoms with Gasteiger partial charge in [0.15, 0.2) is 11.5 Å². The molecule has 1 saturated heterocycles. The maximum Gasteiger partial charge on any atom is 0.327 e. The number of thiocarbonyl (C=S) groups is 1. The molecule has 0 spiro atoms. The van der Waals surface area contributed by atoms with Crippen molar-refractivity contribution < 1.29 is 24.2 Å². The topological polar surface area (TPSA) is 76.1 Å². The summed E-state index contributed by atoms with van der Waals surface area (Å²) < 4.78 is 10.9. The molecule has 2 atom stereocenters. The summed E-state index contributed by atoms with van der Waals surface area (Å²) in [5, 5.41) is 9.54. The van der Waals surface area contributed by atoms with Crippen molar-refractivity contribution in [1.82, 2.24) is 4.90 Å². The number of rotatable bonds is 5. The predicted molar refractivity (Wildman–Crippen MR) is 98.5 cm³/mol. The SMILES string of the molecule is CC[C@H](C)[C@@H](C(=O)O)N1C(=O)/C(=C/c2ccc3c(c2)OCO3)SC1=S. The highest BCUT2D eigenvalue weighted by atomic mass is 32.2. The monoisotopic (exact) mass is 379 g/mol. The van der Waals surface area contributed by atoms with Crippen molar-refractivity contribution in [3.63, 3.8) is 0 Å². The van der Waals surface area contributed by atoms with Gasteiger partial charge >= 0.3 is 5.97 Å². The summed E-state index contributed by atoms with van der Waals surface area (Å²) in [4.78, 5) is 26.0. The second kappa shape index (κ2) is 7.05. The molecule has 1 aromatic rings. The lowest BCUT2D eigenvalue weighted by molar-refractivity contribution is -0.147. The minimum atomic E-state index is -1.05. The molecule has 1 amide bonds. The number of benzene rings is 1. The van der Waals surface area contributed by atoms with E-state index in [2.05, 4.69) is 0 Å². The third-order valence-electron chi connectivity index (χ3n) is 4.23. The Labute approximate surface area is 154 Å². The number of ether oxygens (including phenoxy) is 2. The molecule has 0 unspecified atom stereocenters. The molecule has 3 rings (SSSR count). The van der Waals surface area contributed by atoms with Gasteiger partial charge in [-0.2, -0.15) is 0 Å². The van der Waals surface area contributed by atoms with Crippen LogP contribution in [0.3, 0.4) is 0 Å². The Morgan fingerprint density at radius 1 is 1.44 bits per heavy atom. The van der Waals surface area contributed by atoms with E-state index in [4.69, 9.17) is 21.7 Å². The van der Waals surface area contributed by atoms with Gasteiger partial charge < -0.3 is 14.6 Å². The smallest absolute Gasteiger partial charge is 0.327 e. The number of carboxylic acids is 1. The van der Waals surface area contributed by atoms with Crippen LogP contribution in [0.5, 0.6) is 11.5 Å². The molecule has 2 aliphatic rings. The lowest BCUT2D eigenvalue weighted by atomic mass is 9.98. The summed E-state index contributed by atoms with van der Waals surface area (Å²) in [6, 6.07) is 4.40. The Hall–Kier alpha value is -2.06. The number of nitrogens with zero attached hydrogens (tertiary/aromatic N) is 1. The zero-order valence-electron chi connectivity index (χ0n) is 13.7. The number of carboxylic acid groups (broad SMARTS) is 1. The van der Waals surface area contributed by atoms with Gasteiger partial charge in [0.2, 0.25) is 6.79 Å². The predicted octanol–water partition coefficient (Wildman–Crippen LogP) is 3.12. The summed E-state index contributed by atoms with van der Waals surface area (Å²) in [5.41, 5.74) is 0.764. The summed E-state index contributed by atoms with van der Waals surface area (Å²) in [5.74, 6) is -0.347. The second-order valence-electron chi connectivity index (χ2n) is 5.83. The van der Waals surface area contributed by atoms with Crippen LogP contribution < -0.4 is 9.47 Å². The van der Waals surface area contributed by atoms with Crippen molar-refractivity contribution in [3.8, 4) is 11.5 Å². The summed E-state index contributed by atoms with van der Waals surface area (Å²) in [6.45, 7) is 3.87. The Bertz CT molecular complexity index is 776. The first-order chi connectivity index (χ1) is 11.9. The summed E-state index contributed by atoms with van der Waals surface area (Å²) in [6.07, 6.45) is 2.33. The van der Waals surface area contributed by atoms with Gasteiger partial charge in [0.1, 0.15) is 10.4 Å².